The molecular formula is C23H25ClFN5O2S. The maximum Gasteiger partial charge on any atom is 0.233 e. The summed E-state index contributed by atoms with van der Waals surface area (Å²) < 4.78 is 21.6. The van der Waals surface area contributed by atoms with Gasteiger partial charge < -0.3 is 14.5 Å². The van der Waals surface area contributed by atoms with Crippen molar-refractivity contribution in [2.75, 3.05) is 44.0 Å². The fourth-order valence-corrected chi connectivity index (χ4v) is 4.67. The molecule has 1 saturated heterocycles. The van der Waals surface area contributed by atoms with E-state index in [1.54, 1.807) is 19.2 Å². The van der Waals surface area contributed by atoms with Gasteiger partial charge in [0.25, 0.3) is 0 Å². The molecule has 10 heteroatoms. The maximum absolute atomic E-state index is 14.1. The van der Waals surface area contributed by atoms with Gasteiger partial charge in [0, 0.05) is 37.3 Å². The number of carbonyl (C=O) groups excluding carboxylic acids is 1. The predicted molar refractivity (Wildman–Crippen MR) is 128 cm³/mol. The lowest BCUT2D eigenvalue weighted by molar-refractivity contribution is -0.127. The van der Waals surface area contributed by atoms with Crippen LogP contribution in [0, 0.1) is 12.7 Å². The van der Waals surface area contributed by atoms with Crippen LogP contribution in [-0.2, 0) is 16.1 Å². The Balaban J connectivity index is 1.52. The summed E-state index contributed by atoms with van der Waals surface area (Å²) in [6, 6.07) is 12.6. The Labute approximate surface area is 201 Å². The molecule has 1 aromatic heterocycles. The van der Waals surface area contributed by atoms with Gasteiger partial charge in [-0.15, -0.1) is 10.2 Å². The van der Waals surface area contributed by atoms with Gasteiger partial charge in [-0.3, -0.25) is 9.36 Å². The van der Waals surface area contributed by atoms with E-state index in [2.05, 4.69) is 21.2 Å². The number of nitrogens with zero attached hydrogens (tertiary/aromatic N) is 5. The van der Waals surface area contributed by atoms with Crippen LogP contribution in [0.1, 0.15) is 11.1 Å². The highest BCUT2D eigenvalue weighted by Gasteiger charge is 2.23. The summed E-state index contributed by atoms with van der Waals surface area (Å²) in [5.41, 5.74) is 2.35. The van der Waals surface area contributed by atoms with Crippen molar-refractivity contribution in [2.24, 2.45) is 0 Å². The number of ether oxygens (including phenoxy) is 1. The molecule has 0 radical (unpaired) electrons. The van der Waals surface area contributed by atoms with E-state index in [4.69, 9.17) is 16.3 Å². The van der Waals surface area contributed by atoms with Crippen molar-refractivity contribution in [2.45, 2.75) is 18.6 Å². The molecule has 0 unspecified atom stereocenters. The molecule has 174 valence electrons. The van der Waals surface area contributed by atoms with E-state index in [0.29, 0.717) is 29.0 Å². The molecule has 2 aromatic carbocycles. The fourth-order valence-electron chi connectivity index (χ4n) is 3.56. The molecule has 0 aliphatic carbocycles. The number of amides is 1. The number of morpholine rings is 1. The Morgan fingerprint density at radius 3 is 2.70 bits per heavy atom. The average molecular weight is 490 g/mol. The van der Waals surface area contributed by atoms with Crippen molar-refractivity contribution in [3.63, 3.8) is 0 Å². The van der Waals surface area contributed by atoms with Crippen LogP contribution in [0.15, 0.2) is 47.6 Å². The number of aromatic nitrogens is 3. The second-order valence-corrected chi connectivity index (χ2v) is 9.14. The molecule has 1 aliphatic rings. The van der Waals surface area contributed by atoms with E-state index < -0.39 is 5.82 Å². The van der Waals surface area contributed by atoms with E-state index in [0.717, 1.165) is 30.3 Å². The molecule has 33 heavy (non-hydrogen) atoms. The third-order valence-corrected chi connectivity index (χ3v) is 6.65. The van der Waals surface area contributed by atoms with Gasteiger partial charge in [-0.1, -0.05) is 41.6 Å². The minimum absolute atomic E-state index is 0.0918. The quantitative estimate of drug-likeness (QED) is 0.468. The molecule has 2 heterocycles. The van der Waals surface area contributed by atoms with Gasteiger partial charge in [0.05, 0.1) is 24.7 Å². The third-order valence-electron chi connectivity index (χ3n) is 5.38. The van der Waals surface area contributed by atoms with Gasteiger partial charge >= 0.3 is 0 Å². The molecule has 4 rings (SSSR count). The van der Waals surface area contributed by atoms with Crippen molar-refractivity contribution >= 4 is 35.2 Å². The Morgan fingerprint density at radius 1 is 1.21 bits per heavy atom. The zero-order valence-corrected chi connectivity index (χ0v) is 20.1. The normalized spacial score (nSPS) is 13.9. The first kappa shape index (κ1) is 23.5. The van der Waals surface area contributed by atoms with Crippen molar-refractivity contribution in [3.05, 3.63) is 64.4 Å². The first-order valence-electron chi connectivity index (χ1n) is 10.6. The second kappa shape index (κ2) is 10.5. The van der Waals surface area contributed by atoms with Crippen molar-refractivity contribution in [3.8, 4) is 5.69 Å². The maximum atomic E-state index is 14.1. The summed E-state index contributed by atoms with van der Waals surface area (Å²) in [5, 5.41) is 9.73. The lowest BCUT2D eigenvalue weighted by Gasteiger charge is -2.28. The minimum Gasteiger partial charge on any atom is -0.378 e. The second-order valence-electron chi connectivity index (χ2n) is 7.80. The van der Waals surface area contributed by atoms with Crippen LogP contribution in [-0.4, -0.2) is 64.7 Å². The summed E-state index contributed by atoms with van der Waals surface area (Å²) in [7, 11) is 1.64. The third kappa shape index (κ3) is 5.48. The SMILES string of the molecule is Cc1cccc(-n2c(SCC(=O)N(C)Cc3c(F)cccc3Cl)nnc2N2CCOCC2)c1. The summed E-state index contributed by atoms with van der Waals surface area (Å²) in [6.07, 6.45) is 0. The number of anilines is 1. The van der Waals surface area contributed by atoms with E-state index in [-0.39, 0.29) is 18.2 Å². The number of rotatable bonds is 7. The van der Waals surface area contributed by atoms with Crippen LogP contribution in [0.25, 0.3) is 5.69 Å². The van der Waals surface area contributed by atoms with E-state index in [9.17, 15) is 9.18 Å². The Morgan fingerprint density at radius 2 is 1.97 bits per heavy atom. The van der Waals surface area contributed by atoms with E-state index in [1.807, 2.05) is 29.7 Å². The highest BCUT2D eigenvalue weighted by Crippen LogP contribution is 2.28. The van der Waals surface area contributed by atoms with E-state index in [1.165, 1.54) is 22.7 Å². The highest BCUT2D eigenvalue weighted by molar-refractivity contribution is 7.99. The molecule has 0 spiro atoms. The molecule has 3 aromatic rings. The highest BCUT2D eigenvalue weighted by atomic mass is 35.5. The van der Waals surface area contributed by atoms with Crippen molar-refractivity contribution < 1.29 is 13.9 Å². The van der Waals surface area contributed by atoms with Crippen molar-refractivity contribution in [1.29, 1.82) is 0 Å². The summed E-state index contributed by atoms with van der Waals surface area (Å²) in [6.45, 7) is 4.82. The summed E-state index contributed by atoms with van der Waals surface area (Å²) in [4.78, 5) is 16.4. The molecule has 1 amide bonds. The number of hydrogen-bond donors (Lipinski definition) is 0. The lowest BCUT2D eigenvalue weighted by atomic mass is 10.2. The van der Waals surface area contributed by atoms with Gasteiger partial charge in [0.15, 0.2) is 5.16 Å². The van der Waals surface area contributed by atoms with Crippen LogP contribution in [0.3, 0.4) is 0 Å². The van der Waals surface area contributed by atoms with E-state index >= 15 is 0 Å². The molecule has 1 fully saturated rings. The smallest absolute Gasteiger partial charge is 0.233 e. The first-order valence-corrected chi connectivity index (χ1v) is 11.9. The standard InChI is InChI=1S/C23H25ClFN5O2S/c1-16-5-3-6-17(13-16)30-22(29-9-11-32-12-10-29)26-27-23(30)33-15-21(31)28(2)14-18-19(24)7-4-8-20(18)25/h3-8,13H,9-12,14-15H2,1-2H3. The van der Waals surface area contributed by atoms with Crippen LogP contribution >= 0.6 is 23.4 Å². The lowest BCUT2D eigenvalue weighted by Crippen LogP contribution is -2.37. The predicted octanol–water partition coefficient (Wildman–Crippen LogP) is 3.96. The van der Waals surface area contributed by atoms with Gasteiger partial charge in [-0.25, -0.2) is 4.39 Å². The van der Waals surface area contributed by atoms with Crippen LogP contribution < -0.4 is 4.90 Å². The summed E-state index contributed by atoms with van der Waals surface area (Å²) in [5.74, 6) is 0.274. The molecule has 0 N–H and O–H groups in total. The number of thioether (sulfide) groups is 1. The van der Waals surface area contributed by atoms with Crippen molar-refractivity contribution in [1.82, 2.24) is 19.7 Å². The Bertz CT molecular complexity index is 1120. The van der Waals surface area contributed by atoms with Gasteiger partial charge in [-0.05, 0) is 36.8 Å². The van der Waals surface area contributed by atoms with Gasteiger partial charge in [0.2, 0.25) is 11.9 Å². The monoisotopic (exact) mass is 489 g/mol. The molecule has 0 saturated carbocycles. The van der Waals surface area contributed by atoms with Gasteiger partial charge in [-0.2, -0.15) is 0 Å². The molecular weight excluding hydrogens is 465 g/mol. The Kier molecular flexibility index (Phi) is 7.52. The molecule has 1 aliphatic heterocycles. The average Bonchev–Trinajstić information content (AvgIpc) is 3.24. The topological polar surface area (TPSA) is 63.5 Å². The summed E-state index contributed by atoms with van der Waals surface area (Å²) >= 11 is 7.41. The number of halogens is 2. The number of carbonyl (C=O) groups is 1. The minimum atomic E-state index is -0.427. The van der Waals surface area contributed by atoms with Crippen LogP contribution in [0.5, 0.6) is 0 Å². The van der Waals surface area contributed by atoms with Gasteiger partial charge in [0.1, 0.15) is 5.82 Å². The Hall–Kier alpha value is -2.62. The zero-order valence-electron chi connectivity index (χ0n) is 18.5. The number of aryl methyl sites for hydroxylation is 1. The molecule has 0 atom stereocenters. The zero-order chi connectivity index (χ0) is 23.4. The fraction of sp³-hybridized carbons (Fsp3) is 0.348. The van der Waals surface area contributed by atoms with Crippen LogP contribution in [0.4, 0.5) is 10.3 Å². The molecule has 7 nitrogen and oxygen atoms in total. The number of benzene rings is 2. The largest absolute Gasteiger partial charge is 0.378 e. The van der Waals surface area contributed by atoms with Crippen LogP contribution in [0.2, 0.25) is 5.02 Å². The molecule has 0 bridgehead atoms. The number of hydrogen-bond acceptors (Lipinski definition) is 6. The first-order chi connectivity index (χ1) is 15.9.